The first-order chi connectivity index (χ1) is 19.0. The lowest BCUT2D eigenvalue weighted by Gasteiger charge is -2.34. The molecule has 14 heteroatoms. The first-order valence-corrected chi connectivity index (χ1v) is 15.1. The predicted octanol–water partition coefficient (Wildman–Crippen LogP) is 4.29. The van der Waals surface area contributed by atoms with Crippen molar-refractivity contribution in [2.45, 2.75) is 64.6 Å². The van der Waals surface area contributed by atoms with Gasteiger partial charge in [0.05, 0.1) is 17.9 Å². The smallest absolute Gasteiger partial charge is 0.370 e. The molecule has 2 aromatic rings. The summed E-state index contributed by atoms with van der Waals surface area (Å²) in [6, 6.07) is 5.99. The molecule has 9 nitrogen and oxygen atoms in total. The van der Waals surface area contributed by atoms with Gasteiger partial charge in [0.25, 0.3) is 0 Å². The normalized spacial score (nSPS) is 16.8. The Morgan fingerprint density at radius 3 is 2.22 bits per heavy atom. The number of carbonyl (C=O) groups excluding carboxylic acids is 2. The van der Waals surface area contributed by atoms with Gasteiger partial charge in [0.2, 0.25) is 21.8 Å². The van der Waals surface area contributed by atoms with Crippen LogP contribution >= 0.6 is 0 Å². The van der Waals surface area contributed by atoms with Gasteiger partial charge in [-0.25, -0.2) is 17.8 Å². The first-order valence-electron chi connectivity index (χ1n) is 13.2. The molecule has 41 heavy (non-hydrogen) atoms. The summed E-state index contributed by atoms with van der Waals surface area (Å²) in [7, 11) is -3.67. The number of alkyl halides is 3. The fraction of sp³-hybridized carbons (Fsp3) is 0.519. The van der Waals surface area contributed by atoms with Crippen LogP contribution in [0.3, 0.4) is 0 Å². The Labute approximate surface area is 236 Å². The third-order valence-electron chi connectivity index (χ3n) is 7.31. The van der Waals surface area contributed by atoms with Crippen LogP contribution in [0.15, 0.2) is 30.3 Å². The Bertz CT molecular complexity index is 1370. The van der Waals surface area contributed by atoms with E-state index in [1.807, 2.05) is 4.90 Å². The van der Waals surface area contributed by atoms with Gasteiger partial charge in [-0.05, 0) is 61.8 Å². The maximum atomic E-state index is 14.3. The molecule has 226 valence electrons. The third kappa shape index (κ3) is 9.03. The Balaban J connectivity index is 0.000000850. The van der Waals surface area contributed by atoms with Gasteiger partial charge in [-0.1, -0.05) is 19.1 Å². The fourth-order valence-corrected chi connectivity index (χ4v) is 5.05. The number of aromatic nitrogens is 1. The van der Waals surface area contributed by atoms with Gasteiger partial charge in [-0.2, -0.15) is 13.2 Å². The van der Waals surface area contributed by atoms with Gasteiger partial charge in [0, 0.05) is 31.6 Å². The number of amides is 2. The summed E-state index contributed by atoms with van der Waals surface area (Å²) >= 11 is 0. The summed E-state index contributed by atoms with van der Waals surface area (Å²) in [6.45, 7) is 4.46. The average Bonchev–Trinajstić information content (AvgIpc) is 3.66. The van der Waals surface area contributed by atoms with E-state index in [0.717, 1.165) is 44.1 Å². The molecule has 1 aromatic carbocycles. The average molecular weight is 602 g/mol. The minimum absolute atomic E-state index is 0.0402. The van der Waals surface area contributed by atoms with Gasteiger partial charge >= 0.3 is 6.18 Å². The van der Waals surface area contributed by atoms with E-state index < -0.39 is 39.5 Å². The second-order valence-electron chi connectivity index (χ2n) is 10.5. The standard InChI is InChI=1S/C24H28F4N4O3S.C3H7NO/c1-15(16-3-5-19(18(25)13-16)31-36(2,34)35)22(33)29-14-17-4-6-20(24(26,27)28)30-21(17)32-11-9-23(7-8-23)10-12-32;1-2-3(4)5/h3-6,13,15,31H,7-12,14H2,1-2H3,(H,29,33);2H2,1H3,(H2,4,5). The molecule has 0 bridgehead atoms. The van der Waals surface area contributed by atoms with E-state index in [4.69, 9.17) is 0 Å². The number of nitrogens with one attached hydrogen (secondary N) is 2. The molecular weight excluding hydrogens is 566 g/mol. The van der Waals surface area contributed by atoms with Crippen molar-refractivity contribution >= 4 is 33.3 Å². The number of halogens is 4. The van der Waals surface area contributed by atoms with Crippen LogP contribution in [0, 0.1) is 11.2 Å². The first kappa shape index (κ1) is 32.1. The number of nitrogens with zero attached hydrogens (tertiary/aromatic N) is 2. The zero-order valence-corrected chi connectivity index (χ0v) is 24.0. The second kappa shape index (κ2) is 12.6. The van der Waals surface area contributed by atoms with E-state index in [2.05, 4.69) is 20.8 Å². The van der Waals surface area contributed by atoms with Gasteiger partial charge in [-0.3, -0.25) is 14.3 Å². The number of carbonyl (C=O) groups is 2. The summed E-state index contributed by atoms with van der Waals surface area (Å²) in [5, 5.41) is 2.72. The number of anilines is 2. The molecule has 1 atom stereocenters. The van der Waals surface area contributed by atoms with Crippen molar-refractivity contribution in [1.29, 1.82) is 0 Å². The number of piperidine rings is 1. The molecule has 1 aromatic heterocycles. The van der Waals surface area contributed by atoms with E-state index in [0.29, 0.717) is 36.1 Å². The summed E-state index contributed by atoms with van der Waals surface area (Å²) in [6.07, 6.45) is 0.884. The monoisotopic (exact) mass is 601 g/mol. The predicted molar refractivity (Wildman–Crippen MR) is 147 cm³/mol. The number of nitrogens with two attached hydrogens (primary N) is 1. The van der Waals surface area contributed by atoms with E-state index in [-0.39, 0.29) is 24.0 Å². The number of rotatable bonds is 8. The van der Waals surface area contributed by atoms with Crippen LogP contribution in [0.1, 0.15) is 68.7 Å². The highest BCUT2D eigenvalue weighted by Gasteiger charge is 2.45. The van der Waals surface area contributed by atoms with Crippen molar-refractivity contribution in [3.8, 4) is 0 Å². The van der Waals surface area contributed by atoms with Crippen molar-refractivity contribution in [3.05, 3.63) is 53.0 Å². The van der Waals surface area contributed by atoms with Crippen LogP contribution in [0.2, 0.25) is 0 Å². The van der Waals surface area contributed by atoms with Gasteiger partial charge in [-0.15, -0.1) is 0 Å². The number of hydrogen-bond donors (Lipinski definition) is 3. The highest BCUT2D eigenvalue weighted by Crippen LogP contribution is 2.54. The molecule has 2 amide bonds. The van der Waals surface area contributed by atoms with E-state index in [1.54, 1.807) is 13.8 Å². The molecule has 1 aliphatic heterocycles. The molecule has 1 aliphatic carbocycles. The molecule has 2 heterocycles. The van der Waals surface area contributed by atoms with Gasteiger partial charge in [0.1, 0.15) is 17.3 Å². The van der Waals surface area contributed by atoms with Crippen molar-refractivity contribution < 1.29 is 35.6 Å². The molecule has 4 N–H and O–H groups in total. The largest absolute Gasteiger partial charge is 0.433 e. The SMILES string of the molecule is CC(C(=O)NCc1ccc(C(F)(F)F)nc1N1CCC2(CC1)CC2)c1ccc(NS(C)(=O)=O)c(F)c1.CCC(N)=O. The molecule has 1 unspecified atom stereocenters. The summed E-state index contributed by atoms with van der Waals surface area (Å²) in [4.78, 5) is 28.1. The summed E-state index contributed by atoms with van der Waals surface area (Å²) < 4.78 is 79.1. The van der Waals surface area contributed by atoms with Gasteiger partial charge in [0.15, 0.2) is 0 Å². The van der Waals surface area contributed by atoms with E-state index >= 15 is 0 Å². The fourth-order valence-electron chi connectivity index (χ4n) is 4.49. The number of primary amides is 1. The van der Waals surface area contributed by atoms with Crippen molar-refractivity contribution in [2.75, 3.05) is 29.0 Å². The Kier molecular flexibility index (Phi) is 9.88. The molecule has 1 saturated carbocycles. The minimum atomic E-state index is -4.58. The molecule has 1 spiro atoms. The molecule has 0 radical (unpaired) electrons. The van der Waals surface area contributed by atoms with E-state index in [1.165, 1.54) is 18.2 Å². The summed E-state index contributed by atoms with van der Waals surface area (Å²) in [5.74, 6) is -2.10. The lowest BCUT2D eigenvalue weighted by molar-refractivity contribution is -0.141. The Morgan fingerprint density at radius 1 is 1.12 bits per heavy atom. The zero-order chi connectivity index (χ0) is 30.6. The Morgan fingerprint density at radius 2 is 1.73 bits per heavy atom. The summed E-state index contributed by atoms with van der Waals surface area (Å²) in [5.41, 5.74) is 4.56. The van der Waals surface area contributed by atoms with Crippen molar-refractivity contribution in [2.24, 2.45) is 11.1 Å². The number of sulfonamides is 1. The molecular formula is C27H35F4N5O4S. The minimum Gasteiger partial charge on any atom is -0.370 e. The van der Waals surface area contributed by atoms with Gasteiger partial charge < -0.3 is 16.0 Å². The highest BCUT2D eigenvalue weighted by atomic mass is 32.2. The van der Waals surface area contributed by atoms with E-state index in [9.17, 15) is 35.6 Å². The van der Waals surface area contributed by atoms with Crippen LogP contribution in [-0.2, 0) is 32.3 Å². The second-order valence-corrected chi connectivity index (χ2v) is 12.3. The van der Waals surface area contributed by atoms with Crippen LogP contribution in [0.5, 0.6) is 0 Å². The van der Waals surface area contributed by atoms with Crippen molar-refractivity contribution in [3.63, 3.8) is 0 Å². The maximum absolute atomic E-state index is 14.3. The van der Waals surface area contributed by atoms with Crippen molar-refractivity contribution in [1.82, 2.24) is 10.3 Å². The number of pyridine rings is 1. The van der Waals surface area contributed by atoms with Crippen LogP contribution in [0.4, 0.5) is 29.1 Å². The van der Waals surface area contributed by atoms with Crippen LogP contribution in [0.25, 0.3) is 0 Å². The third-order valence-corrected chi connectivity index (χ3v) is 7.90. The molecule has 2 aliphatic rings. The molecule has 4 rings (SSSR count). The number of benzene rings is 1. The number of hydrogen-bond acceptors (Lipinski definition) is 6. The maximum Gasteiger partial charge on any atom is 0.433 e. The quantitative estimate of drug-likeness (QED) is 0.387. The zero-order valence-electron chi connectivity index (χ0n) is 23.1. The lowest BCUT2D eigenvalue weighted by Crippen LogP contribution is -2.37. The molecule has 2 fully saturated rings. The van der Waals surface area contributed by atoms with Crippen LogP contribution < -0.4 is 20.7 Å². The lowest BCUT2D eigenvalue weighted by atomic mass is 9.93. The molecule has 1 saturated heterocycles. The highest BCUT2D eigenvalue weighted by molar-refractivity contribution is 7.92. The van der Waals surface area contributed by atoms with Crippen LogP contribution in [-0.4, -0.2) is 44.6 Å². The topological polar surface area (TPSA) is 134 Å². The Hall–Kier alpha value is -3.42.